The number of aromatic nitrogens is 1. The van der Waals surface area contributed by atoms with E-state index in [1.807, 2.05) is 43.7 Å². The maximum atomic E-state index is 11.9. The lowest BCUT2D eigenvalue weighted by Crippen LogP contribution is -2.23. The topological polar surface area (TPSA) is 86.3 Å². The smallest absolute Gasteiger partial charge is 0.250 e. The van der Waals surface area contributed by atoms with Crippen LogP contribution in [0, 0.1) is 13.8 Å². The number of ketones is 1. The van der Waals surface area contributed by atoms with Gasteiger partial charge in [-0.2, -0.15) is 0 Å². The van der Waals surface area contributed by atoms with Crippen LogP contribution in [-0.4, -0.2) is 36.0 Å². The summed E-state index contributed by atoms with van der Waals surface area (Å²) in [7, 11) is 1.62. The van der Waals surface area contributed by atoms with Crippen LogP contribution in [0.15, 0.2) is 24.4 Å². The molecular formula is C19H25N3O3. The van der Waals surface area contributed by atoms with Crippen LogP contribution in [0.1, 0.15) is 45.8 Å². The molecule has 1 aromatic carbocycles. The van der Waals surface area contributed by atoms with Gasteiger partial charge in [0.15, 0.2) is 5.78 Å². The van der Waals surface area contributed by atoms with Crippen molar-refractivity contribution in [3.8, 4) is 5.69 Å². The van der Waals surface area contributed by atoms with Crippen molar-refractivity contribution in [3.63, 3.8) is 0 Å². The molecule has 0 spiro atoms. The van der Waals surface area contributed by atoms with Gasteiger partial charge in [-0.1, -0.05) is 0 Å². The highest BCUT2D eigenvalue weighted by Gasteiger charge is 2.17. The van der Waals surface area contributed by atoms with E-state index < -0.39 is 5.91 Å². The number of nitrogens with zero attached hydrogens (tertiary/aromatic N) is 1. The number of nitrogens with one attached hydrogen (secondary N) is 1. The van der Waals surface area contributed by atoms with Crippen LogP contribution in [0.25, 0.3) is 5.69 Å². The van der Waals surface area contributed by atoms with Crippen molar-refractivity contribution < 1.29 is 14.3 Å². The first-order valence-corrected chi connectivity index (χ1v) is 8.15. The number of anilines is 1. The third-order valence-electron chi connectivity index (χ3n) is 4.16. The van der Waals surface area contributed by atoms with Gasteiger partial charge in [0.05, 0.1) is 12.2 Å². The molecule has 0 saturated heterocycles. The van der Waals surface area contributed by atoms with Crippen LogP contribution in [0.2, 0.25) is 0 Å². The Labute approximate surface area is 148 Å². The Bertz CT molecular complexity index is 808. The minimum Gasteiger partial charge on any atom is -0.383 e. The molecule has 134 valence electrons. The lowest BCUT2D eigenvalue weighted by atomic mass is 10.1. The first-order chi connectivity index (χ1) is 11.8. The van der Waals surface area contributed by atoms with Gasteiger partial charge in [0.25, 0.3) is 5.91 Å². The van der Waals surface area contributed by atoms with Crippen molar-refractivity contribution >= 4 is 17.4 Å². The molecule has 6 heteroatoms. The van der Waals surface area contributed by atoms with Crippen molar-refractivity contribution in [1.29, 1.82) is 0 Å². The number of rotatable bonds is 7. The summed E-state index contributed by atoms with van der Waals surface area (Å²) in [6.45, 7) is 7.85. The lowest BCUT2D eigenvalue weighted by Gasteiger charge is -2.18. The third-order valence-corrected chi connectivity index (χ3v) is 4.16. The Kier molecular flexibility index (Phi) is 5.64. The molecule has 0 bridgehead atoms. The quantitative estimate of drug-likeness (QED) is 0.757. The number of ether oxygens (including phenoxy) is 1. The van der Waals surface area contributed by atoms with E-state index in [1.165, 1.54) is 0 Å². The summed E-state index contributed by atoms with van der Waals surface area (Å²) >= 11 is 0. The highest BCUT2D eigenvalue weighted by Crippen LogP contribution is 2.25. The number of Topliss-reactive ketones (excluding diaryl/α,β-unsaturated/α-hetero) is 1. The van der Waals surface area contributed by atoms with Crippen molar-refractivity contribution in [1.82, 2.24) is 4.57 Å². The van der Waals surface area contributed by atoms with Crippen LogP contribution >= 0.6 is 0 Å². The Morgan fingerprint density at radius 1 is 1.32 bits per heavy atom. The molecule has 2 rings (SSSR count). The molecule has 0 saturated carbocycles. The maximum absolute atomic E-state index is 11.9. The fraction of sp³-hybridized carbons (Fsp3) is 0.368. The fourth-order valence-corrected chi connectivity index (χ4v) is 3.13. The summed E-state index contributed by atoms with van der Waals surface area (Å²) in [6, 6.07) is 5.39. The van der Waals surface area contributed by atoms with Gasteiger partial charge in [0, 0.05) is 42.0 Å². The number of hydrogen-bond acceptors (Lipinski definition) is 4. The second-order valence-electron chi connectivity index (χ2n) is 6.29. The summed E-state index contributed by atoms with van der Waals surface area (Å²) in [5, 5.41) is 3.26. The van der Waals surface area contributed by atoms with Gasteiger partial charge >= 0.3 is 0 Å². The van der Waals surface area contributed by atoms with Crippen molar-refractivity contribution in [2.45, 2.75) is 33.7 Å². The van der Waals surface area contributed by atoms with Gasteiger partial charge in [-0.25, -0.2) is 0 Å². The third kappa shape index (κ3) is 3.91. The van der Waals surface area contributed by atoms with Gasteiger partial charge in [-0.3, -0.25) is 9.59 Å². The summed E-state index contributed by atoms with van der Waals surface area (Å²) in [5.74, 6) is -0.460. The van der Waals surface area contributed by atoms with Gasteiger partial charge in [-0.05, 0) is 51.5 Å². The fourth-order valence-electron chi connectivity index (χ4n) is 3.13. The van der Waals surface area contributed by atoms with E-state index in [9.17, 15) is 9.59 Å². The highest BCUT2D eigenvalue weighted by molar-refractivity contribution is 5.99. The average Bonchev–Trinajstić information content (AvgIpc) is 2.82. The molecule has 0 radical (unpaired) electrons. The molecule has 25 heavy (non-hydrogen) atoms. The number of aryl methyl sites for hydroxylation is 1. The number of hydrogen-bond donors (Lipinski definition) is 2. The van der Waals surface area contributed by atoms with E-state index in [0.717, 1.165) is 22.5 Å². The van der Waals surface area contributed by atoms with Gasteiger partial charge in [0.1, 0.15) is 0 Å². The molecule has 0 aliphatic rings. The van der Waals surface area contributed by atoms with Crippen LogP contribution in [0.3, 0.4) is 0 Å². The molecule has 1 atom stereocenters. The standard InChI is InChI=1S/C19H25N3O3/c1-11-9-22(13(3)18(11)14(4)23)15-6-7-16(19(20)24)17(8-15)21-12(2)10-25-5/h6-9,12,21H,10H2,1-5H3,(H2,20,24). The zero-order chi connectivity index (χ0) is 18.7. The number of primary amides is 1. The molecule has 2 aromatic rings. The lowest BCUT2D eigenvalue weighted by molar-refractivity contribution is 0.0996. The predicted octanol–water partition coefficient (Wildman–Crippen LogP) is 2.84. The molecule has 1 amide bonds. The monoisotopic (exact) mass is 343 g/mol. The maximum Gasteiger partial charge on any atom is 0.250 e. The molecule has 0 fully saturated rings. The van der Waals surface area contributed by atoms with Crippen molar-refractivity contribution in [2.24, 2.45) is 5.73 Å². The van der Waals surface area contributed by atoms with Crippen molar-refractivity contribution in [3.05, 3.63) is 46.8 Å². The van der Waals surface area contributed by atoms with Gasteiger partial charge in [-0.15, -0.1) is 0 Å². The van der Waals surface area contributed by atoms with Crippen molar-refractivity contribution in [2.75, 3.05) is 19.0 Å². The number of amides is 1. The van der Waals surface area contributed by atoms with Crippen LogP contribution in [-0.2, 0) is 4.74 Å². The number of carbonyl (C=O) groups is 2. The average molecular weight is 343 g/mol. The second kappa shape index (κ2) is 7.53. The Morgan fingerprint density at radius 2 is 2.00 bits per heavy atom. The van der Waals surface area contributed by atoms with Gasteiger partial charge < -0.3 is 20.4 Å². The molecule has 3 N–H and O–H groups in total. The molecule has 6 nitrogen and oxygen atoms in total. The molecule has 1 aromatic heterocycles. The summed E-state index contributed by atoms with van der Waals surface area (Å²) in [6.07, 6.45) is 1.92. The first-order valence-electron chi connectivity index (χ1n) is 8.15. The van der Waals surface area contributed by atoms with E-state index in [1.54, 1.807) is 20.1 Å². The number of nitrogens with two attached hydrogens (primary N) is 1. The van der Waals surface area contributed by atoms with Gasteiger partial charge in [0.2, 0.25) is 0 Å². The zero-order valence-electron chi connectivity index (χ0n) is 15.3. The highest BCUT2D eigenvalue weighted by atomic mass is 16.5. The Hall–Kier alpha value is -2.60. The molecule has 1 unspecified atom stereocenters. The Balaban J connectivity index is 2.52. The minimum absolute atomic E-state index is 0.0126. The zero-order valence-corrected chi connectivity index (χ0v) is 15.3. The minimum atomic E-state index is -0.497. The van der Waals surface area contributed by atoms with E-state index in [2.05, 4.69) is 5.32 Å². The largest absolute Gasteiger partial charge is 0.383 e. The predicted molar refractivity (Wildman–Crippen MR) is 98.7 cm³/mol. The van der Waals surface area contributed by atoms with E-state index in [4.69, 9.17) is 10.5 Å². The molecule has 0 aliphatic heterocycles. The second-order valence-corrected chi connectivity index (χ2v) is 6.29. The van der Waals surface area contributed by atoms with Crippen LogP contribution < -0.4 is 11.1 Å². The van der Waals surface area contributed by atoms with E-state index in [0.29, 0.717) is 17.9 Å². The summed E-state index contributed by atoms with van der Waals surface area (Å²) in [4.78, 5) is 23.6. The van der Waals surface area contributed by atoms with E-state index >= 15 is 0 Å². The SMILES string of the molecule is COCC(C)Nc1cc(-n2cc(C)c(C(C)=O)c2C)ccc1C(N)=O. The summed E-state index contributed by atoms with van der Waals surface area (Å²) < 4.78 is 7.08. The van der Waals surface area contributed by atoms with E-state index in [-0.39, 0.29) is 11.8 Å². The molecule has 1 heterocycles. The molecular weight excluding hydrogens is 318 g/mol. The number of methoxy groups -OCH3 is 1. The molecule has 0 aliphatic carbocycles. The number of benzene rings is 1. The summed E-state index contributed by atoms with van der Waals surface area (Å²) in [5.41, 5.74) is 9.92. The number of carbonyl (C=O) groups excluding carboxylic acids is 2. The normalized spacial score (nSPS) is 12.0. The Morgan fingerprint density at radius 3 is 2.52 bits per heavy atom. The van der Waals surface area contributed by atoms with Crippen LogP contribution in [0.4, 0.5) is 5.69 Å². The van der Waals surface area contributed by atoms with Crippen LogP contribution in [0.5, 0.6) is 0 Å². The first kappa shape index (κ1) is 18.7.